The van der Waals surface area contributed by atoms with Gasteiger partial charge in [0.15, 0.2) is 0 Å². The maximum atomic E-state index is 13.0. The molecule has 3 aromatic rings. The second kappa shape index (κ2) is 5.86. The molecule has 0 aliphatic heterocycles. The number of carbonyl (C=O) groups is 1. The van der Waals surface area contributed by atoms with Crippen molar-refractivity contribution < 1.29 is 4.79 Å². The summed E-state index contributed by atoms with van der Waals surface area (Å²) in [6.45, 7) is 5.79. The fourth-order valence-corrected chi connectivity index (χ4v) is 3.16. The van der Waals surface area contributed by atoms with Crippen molar-refractivity contribution in [3.63, 3.8) is 0 Å². The van der Waals surface area contributed by atoms with E-state index in [-0.39, 0.29) is 5.91 Å². The number of aryl methyl sites for hydroxylation is 1. The third kappa shape index (κ3) is 2.55. The molecule has 1 amide bonds. The highest BCUT2D eigenvalue weighted by molar-refractivity contribution is 6.03. The van der Waals surface area contributed by atoms with Gasteiger partial charge in [0.25, 0.3) is 0 Å². The molecule has 0 saturated carbocycles. The fourth-order valence-electron chi connectivity index (χ4n) is 3.16. The van der Waals surface area contributed by atoms with Gasteiger partial charge in [-0.3, -0.25) is 4.79 Å². The first kappa shape index (κ1) is 15.8. The van der Waals surface area contributed by atoms with Crippen LogP contribution in [0, 0.1) is 18.3 Å². The molecule has 0 aliphatic carbocycles. The molecule has 4 heteroatoms. The van der Waals surface area contributed by atoms with Crippen LogP contribution in [0.1, 0.15) is 30.7 Å². The van der Waals surface area contributed by atoms with E-state index >= 15 is 0 Å². The Morgan fingerprint density at radius 3 is 2.54 bits per heavy atom. The number of anilines is 1. The van der Waals surface area contributed by atoms with Crippen LogP contribution in [0.2, 0.25) is 0 Å². The van der Waals surface area contributed by atoms with Gasteiger partial charge >= 0.3 is 0 Å². The summed E-state index contributed by atoms with van der Waals surface area (Å²) in [5, 5.41) is 13.1. The largest absolute Gasteiger partial charge is 0.358 e. The molecule has 0 atom stereocenters. The number of hydrogen-bond donors (Lipinski definition) is 2. The zero-order valence-corrected chi connectivity index (χ0v) is 14.0. The molecule has 120 valence electrons. The number of benzene rings is 2. The van der Waals surface area contributed by atoms with Crippen LogP contribution in [0.4, 0.5) is 5.69 Å². The molecule has 1 heterocycles. The average molecular weight is 317 g/mol. The summed E-state index contributed by atoms with van der Waals surface area (Å²) in [4.78, 5) is 16.3. The van der Waals surface area contributed by atoms with E-state index in [1.165, 1.54) is 0 Å². The van der Waals surface area contributed by atoms with Crippen LogP contribution < -0.4 is 5.32 Å². The second-order valence-corrected chi connectivity index (χ2v) is 6.41. The lowest BCUT2D eigenvalue weighted by atomic mass is 9.81. The van der Waals surface area contributed by atoms with Crippen LogP contribution in [0.5, 0.6) is 0 Å². The van der Waals surface area contributed by atoms with Gasteiger partial charge in [-0.15, -0.1) is 0 Å². The van der Waals surface area contributed by atoms with Crippen molar-refractivity contribution in [2.24, 2.45) is 0 Å². The molecule has 0 radical (unpaired) electrons. The van der Waals surface area contributed by atoms with Crippen molar-refractivity contribution in [3.05, 3.63) is 65.4 Å². The number of nitrogens with zero attached hydrogens (tertiary/aromatic N) is 1. The number of H-pyrrole nitrogens is 1. The standard InChI is InChI=1S/C20H19N3O/c1-13-18(15-9-5-7-11-17(15)22-13)20(2,3)19(24)23-16-10-6-4-8-14(16)12-21/h4-11,22H,1-3H3,(H,23,24). The first-order valence-electron chi connectivity index (χ1n) is 7.83. The number of nitrogens with one attached hydrogen (secondary N) is 2. The summed E-state index contributed by atoms with van der Waals surface area (Å²) in [6.07, 6.45) is 0. The predicted octanol–water partition coefficient (Wildman–Crippen LogP) is 4.26. The maximum absolute atomic E-state index is 13.0. The number of para-hydroxylation sites is 2. The molecule has 3 rings (SSSR count). The van der Waals surface area contributed by atoms with Crippen LogP contribution in [0.25, 0.3) is 10.9 Å². The topological polar surface area (TPSA) is 68.7 Å². The molecule has 0 spiro atoms. The number of carbonyl (C=O) groups excluding carboxylic acids is 1. The van der Waals surface area contributed by atoms with E-state index in [9.17, 15) is 10.1 Å². The molecule has 2 aromatic carbocycles. The first-order valence-corrected chi connectivity index (χ1v) is 7.83. The van der Waals surface area contributed by atoms with E-state index in [0.29, 0.717) is 11.3 Å². The lowest BCUT2D eigenvalue weighted by Crippen LogP contribution is -2.35. The van der Waals surface area contributed by atoms with Crippen molar-refractivity contribution in [2.75, 3.05) is 5.32 Å². The van der Waals surface area contributed by atoms with Gasteiger partial charge in [0.2, 0.25) is 5.91 Å². The van der Waals surface area contributed by atoms with E-state index in [1.54, 1.807) is 24.3 Å². The second-order valence-electron chi connectivity index (χ2n) is 6.41. The van der Waals surface area contributed by atoms with Crippen molar-refractivity contribution in [1.29, 1.82) is 5.26 Å². The molecular weight excluding hydrogens is 298 g/mol. The Kier molecular flexibility index (Phi) is 3.86. The Bertz CT molecular complexity index is 960. The Labute approximate surface area is 141 Å². The van der Waals surface area contributed by atoms with E-state index in [0.717, 1.165) is 22.2 Å². The highest BCUT2D eigenvalue weighted by Gasteiger charge is 2.34. The number of fused-ring (bicyclic) bond motifs is 1. The molecule has 0 saturated heterocycles. The van der Waals surface area contributed by atoms with Gasteiger partial charge < -0.3 is 10.3 Å². The number of aromatic nitrogens is 1. The summed E-state index contributed by atoms with van der Waals surface area (Å²) >= 11 is 0. The number of amides is 1. The maximum Gasteiger partial charge on any atom is 0.234 e. The summed E-state index contributed by atoms with van der Waals surface area (Å²) in [5.74, 6) is -0.141. The van der Waals surface area contributed by atoms with Crippen molar-refractivity contribution in [3.8, 4) is 6.07 Å². The minimum atomic E-state index is -0.744. The quantitative estimate of drug-likeness (QED) is 0.757. The first-order chi connectivity index (χ1) is 11.4. The van der Waals surface area contributed by atoms with Crippen molar-refractivity contribution in [1.82, 2.24) is 4.98 Å². The van der Waals surface area contributed by atoms with Gasteiger partial charge in [-0.05, 0) is 44.5 Å². The smallest absolute Gasteiger partial charge is 0.234 e. The monoisotopic (exact) mass is 317 g/mol. The Hall–Kier alpha value is -3.06. The molecular formula is C20H19N3O. The van der Waals surface area contributed by atoms with Crippen LogP contribution in [-0.2, 0) is 10.2 Å². The fraction of sp³-hybridized carbons (Fsp3) is 0.200. The lowest BCUT2D eigenvalue weighted by Gasteiger charge is -2.25. The highest BCUT2D eigenvalue weighted by atomic mass is 16.2. The Balaban J connectivity index is 2.02. The molecule has 0 aliphatic rings. The normalized spacial score (nSPS) is 11.2. The zero-order chi connectivity index (χ0) is 17.3. The van der Waals surface area contributed by atoms with Crippen LogP contribution in [-0.4, -0.2) is 10.9 Å². The molecule has 1 aromatic heterocycles. The van der Waals surface area contributed by atoms with E-state index in [4.69, 9.17) is 0 Å². The number of hydrogen-bond acceptors (Lipinski definition) is 2. The van der Waals surface area contributed by atoms with Crippen molar-refractivity contribution >= 4 is 22.5 Å². The van der Waals surface area contributed by atoms with Gasteiger partial charge in [-0.2, -0.15) is 5.26 Å². The average Bonchev–Trinajstić information content (AvgIpc) is 2.91. The van der Waals surface area contributed by atoms with E-state index in [1.807, 2.05) is 45.0 Å². The zero-order valence-electron chi connectivity index (χ0n) is 14.0. The predicted molar refractivity (Wildman–Crippen MR) is 95.8 cm³/mol. The highest BCUT2D eigenvalue weighted by Crippen LogP contribution is 2.34. The Morgan fingerprint density at radius 1 is 1.12 bits per heavy atom. The summed E-state index contributed by atoms with van der Waals surface area (Å²) in [5.41, 5.74) is 3.22. The summed E-state index contributed by atoms with van der Waals surface area (Å²) < 4.78 is 0. The number of nitriles is 1. The van der Waals surface area contributed by atoms with Crippen LogP contribution in [0.3, 0.4) is 0 Å². The van der Waals surface area contributed by atoms with Gasteiger partial charge in [-0.1, -0.05) is 30.3 Å². The van der Waals surface area contributed by atoms with Gasteiger partial charge in [0.05, 0.1) is 16.7 Å². The Morgan fingerprint density at radius 2 is 1.79 bits per heavy atom. The SMILES string of the molecule is Cc1[nH]c2ccccc2c1C(C)(C)C(=O)Nc1ccccc1C#N. The molecule has 0 bridgehead atoms. The van der Waals surface area contributed by atoms with Gasteiger partial charge in [0, 0.05) is 16.6 Å². The minimum absolute atomic E-state index is 0.141. The van der Waals surface area contributed by atoms with E-state index < -0.39 is 5.41 Å². The number of aromatic amines is 1. The molecule has 0 fully saturated rings. The van der Waals surface area contributed by atoms with E-state index in [2.05, 4.69) is 16.4 Å². The lowest BCUT2D eigenvalue weighted by molar-refractivity contribution is -0.120. The molecule has 2 N–H and O–H groups in total. The number of rotatable bonds is 3. The molecule has 4 nitrogen and oxygen atoms in total. The summed E-state index contributed by atoms with van der Waals surface area (Å²) in [6, 6.07) is 17.1. The molecule has 0 unspecified atom stereocenters. The van der Waals surface area contributed by atoms with Gasteiger partial charge in [-0.25, -0.2) is 0 Å². The third-order valence-corrected chi connectivity index (χ3v) is 4.38. The van der Waals surface area contributed by atoms with Crippen LogP contribution >= 0.6 is 0 Å². The third-order valence-electron chi connectivity index (χ3n) is 4.38. The van der Waals surface area contributed by atoms with Crippen LogP contribution in [0.15, 0.2) is 48.5 Å². The van der Waals surface area contributed by atoms with Crippen molar-refractivity contribution in [2.45, 2.75) is 26.2 Å². The molecule has 24 heavy (non-hydrogen) atoms. The minimum Gasteiger partial charge on any atom is -0.358 e. The summed E-state index contributed by atoms with van der Waals surface area (Å²) in [7, 11) is 0. The van der Waals surface area contributed by atoms with Gasteiger partial charge in [0.1, 0.15) is 6.07 Å².